The van der Waals surface area contributed by atoms with Crippen molar-refractivity contribution < 1.29 is 18.3 Å². The number of hydrogen-bond acceptors (Lipinski definition) is 4. The minimum Gasteiger partial charge on any atom is -0.393 e. The summed E-state index contributed by atoms with van der Waals surface area (Å²) in [6.07, 6.45) is -0.305. The van der Waals surface area contributed by atoms with E-state index in [2.05, 4.69) is 4.72 Å². The second kappa shape index (κ2) is 6.34. The van der Waals surface area contributed by atoms with Crippen LogP contribution in [0.1, 0.15) is 36.2 Å². The number of carbonyl (C=O) groups excluding carboxylic acids is 1. The van der Waals surface area contributed by atoms with E-state index in [1.54, 1.807) is 20.8 Å². The fourth-order valence-electron chi connectivity index (χ4n) is 1.93. The Balaban J connectivity index is 3.04. The molecule has 0 radical (unpaired) electrons. The van der Waals surface area contributed by atoms with E-state index in [1.165, 1.54) is 18.2 Å². The van der Waals surface area contributed by atoms with E-state index in [4.69, 9.17) is 5.73 Å². The minimum absolute atomic E-state index is 0.0191. The van der Waals surface area contributed by atoms with Crippen LogP contribution in [-0.2, 0) is 10.0 Å². The Morgan fingerprint density at radius 3 is 2.50 bits per heavy atom. The molecule has 1 aromatic rings. The third-order valence-corrected chi connectivity index (χ3v) is 4.42. The fraction of sp³-hybridized carbons (Fsp3) is 0.462. The van der Waals surface area contributed by atoms with Crippen LogP contribution >= 0.6 is 0 Å². The predicted molar refractivity (Wildman–Crippen MR) is 75.8 cm³/mol. The van der Waals surface area contributed by atoms with Gasteiger partial charge in [-0.25, -0.2) is 13.1 Å². The van der Waals surface area contributed by atoms with E-state index < -0.39 is 28.1 Å². The van der Waals surface area contributed by atoms with Crippen molar-refractivity contribution in [1.29, 1.82) is 0 Å². The number of nitrogens with one attached hydrogen (secondary N) is 1. The lowest BCUT2D eigenvalue weighted by Crippen LogP contribution is -2.34. The van der Waals surface area contributed by atoms with Crippen molar-refractivity contribution >= 4 is 15.9 Å². The Kier molecular flexibility index (Phi) is 5.27. The van der Waals surface area contributed by atoms with Gasteiger partial charge in [0.25, 0.3) is 0 Å². The Hall–Kier alpha value is -1.44. The number of primary amides is 1. The molecule has 0 heterocycles. The molecule has 0 saturated heterocycles. The van der Waals surface area contributed by atoms with Gasteiger partial charge in [0.2, 0.25) is 15.9 Å². The molecule has 0 saturated carbocycles. The van der Waals surface area contributed by atoms with Crippen molar-refractivity contribution in [2.45, 2.75) is 44.2 Å². The number of hydrogen-bond donors (Lipinski definition) is 3. The van der Waals surface area contributed by atoms with Gasteiger partial charge in [-0.05, 0) is 44.9 Å². The van der Waals surface area contributed by atoms with E-state index in [0.717, 1.165) is 0 Å². The maximum atomic E-state index is 12.2. The highest BCUT2D eigenvalue weighted by Crippen LogP contribution is 2.16. The van der Waals surface area contributed by atoms with Gasteiger partial charge in [-0.3, -0.25) is 4.79 Å². The highest BCUT2D eigenvalue weighted by molar-refractivity contribution is 7.89. The summed E-state index contributed by atoms with van der Waals surface area (Å²) in [4.78, 5) is 11.2. The summed E-state index contributed by atoms with van der Waals surface area (Å²) in [5, 5.41) is 9.25. The standard InChI is InChI=1S/C13H20N2O4S/c1-8-4-5-11(7-12(8)13(14)17)20(18,19)15-9(2)6-10(3)16/h4-5,7,9-10,15-16H,6H2,1-3H3,(H2,14,17). The van der Waals surface area contributed by atoms with Crippen molar-refractivity contribution in [2.75, 3.05) is 0 Å². The first-order valence-electron chi connectivity index (χ1n) is 6.24. The molecule has 4 N–H and O–H groups in total. The SMILES string of the molecule is Cc1ccc(S(=O)(=O)NC(C)CC(C)O)cc1C(N)=O. The molecule has 0 bridgehead atoms. The lowest BCUT2D eigenvalue weighted by atomic mass is 10.1. The topological polar surface area (TPSA) is 109 Å². The molecule has 1 rings (SSSR count). The second-order valence-corrected chi connectivity index (χ2v) is 6.66. The number of sulfonamides is 1. The molecule has 2 unspecified atom stereocenters. The Labute approximate surface area is 119 Å². The summed E-state index contributed by atoms with van der Waals surface area (Å²) in [5.41, 5.74) is 6.00. The lowest BCUT2D eigenvalue weighted by molar-refractivity contribution is 0.0999. The first-order chi connectivity index (χ1) is 9.13. The average Bonchev–Trinajstić information content (AvgIpc) is 2.26. The molecule has 0 aliphatic rings. The predicted octanol–water partition coefficient (Wildman–Crippen LogP) is 0.532. The first-order valence-corrected chi connectivity index (χ1v) is 7.72. The number of amides is 1. The molecular weight excluding hydrogens is 280 g/mol. The van der Waals surface area contributed by atoms with E-state index in [0.29, 0.717) is 12.0 Å². The van der Waals surface area contributed by atoms with Crippen LogP contribution < -0.4 is 10.5 Å². The maximum absolute atomic E-state index is 12.2. The molecule has 6 nitrogen and oxygen atoms in total. The van der Waals surface area contributed by atoms with Crippen molar-refractivity contribution in [3.8, 4) is 0 Å². The summed E-state index contributed by atoms with van der Waals surface area (Å²) in [6, 6.07) is 3.79. The molecule has 1 aromatic carbocycles. The van der Waals surface area contributed by atoms with Gasteiger partial charge in [0.15, 0.2) is 0 Å². The molecule has 0 aromatic heterocycles. The van der Waals surface area contributed by atoms with Gasteiger partial charge in [0.05, 0.1) is 11.0 Å². The van der Waals surface area contributed by atoms with Gasteiger partial charge in [-0.1, -0.05) is 6.07 Å². The van der Waals surface area contributed by atoms with Gasteiger partial charge in [-0.2, -0.15) is 0 Å². The van der Waals surface area contributed by atoms with E-state index in [9.17, 15) is 18.3 Å². The summed E-state index contributed by atoms with van der Waals surface area (Å²) < 4.78 is 26.8. The monoisotopic (exact) mass is 300 g/mol. The van der Waals surface area contributed by atoms with Crippen LogP contribution in [0.15, 0.2) is 23.1 Å². The van der Waals surface area contributed by atoms with Crippen LogP contribution in [0, 0.1) is 6.92 Å². The Bertz CT molecular complexity index is 596. The normalized spacial score (nSPS) is 14.8. The summed E-state index contributed by atoms with van der Waals surface area (Å²) in [5.74, 6) is -0.670. The van der Waals surface area contributed by atoms with Crippen molar-refractivity contribution in [3.63, 3.8) is 0 Å². The Morgan fingerprint density at radius 1 is 1.40 bits per heavy atom. The summed E-state index contributed by atoms with van der Waals surface area (Å²) in [7, 11) is -3.75. The van der Waals surface area contributed by atoms with Crippen LogP contribution in [0.4, 0.5) is 0 Å². The summed E-state index contributed by atoms with van der Waals surface area (Å²) in [6.45, 7) is 4.93. The van der Waals surface area contributed by atoms with Crippen molar-refractivity contribution in [2.24, 2.45) is 5.73 Å². The number of aliphatic hydroxyl groups is 1. The zero-order chi connectivity index (χ0) is 15.5. The molecular formula is C13H20N2O4S. The zero-order valence-corrected chi connectivity index (χ0v) is 12.6. The molecule has 0 fully saturated rings. The molecule has 7 heteroatoms. The molecule has 112 valence electrons. The number of carbonyl (C=O) groups is 1. The minimum atomic E-state index is -3.75. The number of nitrogens with two attached hydrogens (primary N) is 1. The molecule has 0 aliphatic heterocycles. The molecule has 2 atom stereocenters. The second-order valence-electron chi connectivity index (χ2n) is 4.95. The maximum Gasteiger partial charge on any atom is 0.249 e. The van der Waals surface area contributed by atoms with Crippen LogP contribution in [0.2, 0.25) is 0 Å². The van der Waals surface area contributed by atoms with Gasteiger partial charge < -0.3 is 10.8 Å². The number of benzene rings is 1. The van der Waals surface area contributed by atoms with Crippen molar-refractivity contribution in [3.05, 3.63) is 29.3 Å². The van der Waals surface area contributed by atoms with Crippen molar-refractivity contribution in [1.82, 2.24) is 4.72 Å². The van der Waals surface area contributed by atoms with Crippen LogP contribution in [0.5, 0.6) is 0 Å². The van der Waals surface area contributed by atoms with E-state index in [1.807, 2.05) is 0 Å². The number of aryl methyl sites for hydroxylation is 1. The largest absolute Gasteiger partial charge is 0.393 e. The third kappa shape index (κ3) is 4.29. The first kappa shape index (κ1) is 16.6. The molecule has 0 aliphatic carbocycles. The average molecular weight is 300 g/mol. The smallest absolute Gasteiger partial charge is 0.249 e. The van der Waals surface area contributed by atoms with Crippen LogP contribution in [0.25, 0.3) is 0 Å². The van der Waals surface area contributed by atoms with Crippen LogP contribution in [0.3, 0.4) is 0 Å². The zero-order valence-electron chi connectivity index (χ0n) is 11.8. The summed E-state index contributed by atoms with van der Waals surface area (Å²) >= 11 is 0. The molecule has 0 spiro atoms. The number of rotatable bonds is 6. The van der Waals surface area contributed by atoms with Crippen LogP contribution in [-0.4, -0.2) is 31.6 Å². The molecule has 20 heavy (non-hydrogen) atoms. The highest BCUT2D eigenvalue weighted by Gasteiger charge is 2.20. The third-order valence-electron chi connectivity index (χ3n) is 2.84. The Morgan fingerprint density at radius 2 is 2.00 bits per heavy atom. The van der Waals surface area contributed by atoms with Gasteiger partial charge >= 0.3 is 0 Å². The van der Waals surface area contributed by atoms with Gasteiger partial charge in [0.1, 0.15) is 0 Å². The van der Waals surface area contributed by atoms with E-state index in [-0.39, 0.29) is 10.5 Å². The number of aliphatic hydroxyl groups excluding tert-OH is 1. The highest BCUT2D eigenvalue weighted by atomic mass is 32.2. The van der Waals surface area contributed by atoms with E-state index >= 15 is 0 Å². The van der Waals surface area contributed by atoms with Gasteiger partial charge in [-0.15, -0.1) is 0 Å². The lowest BCUT2D eigenvalue weighted by Gasteiger charge is -2.16. The van der Waals surface area contributed by atoms with Gasteiger partial charge in [0, 0.05) is 11.6 Å². The quantitative estimate of drug-likeness (QED) is 0.712. The fourth-order valence-corrected chi connectivity index (χ4v) is 3.21. The molecule has 1 amide bonds.